The van der Waals surface area contributed by atoms with Crippen LogP contribution in [-0.2, 0) is 9.53 Å². The number of carbonyl (C=O) groups excluding carboxylic acids is 2. The zero-order chi connectivity index (χ0) is 14.3. The molecule has 0 aliphatic carbocycles. The number of hydrogen-bond donors (Lipinski definition) is 0. The summed E-state index contributed by atoms with van der Waals surface area (Å²) in [6, 6.07) is 6.85. The summed E-state index contributed by atoms with van der Waals surface area (Å²) in [4.78, 5) is 24.8. The van der Waals surface area contributed by atoms with Crippen molar-refractivity contribution in [3.63, 3.8) is 0 Å². The van der Waals surface area contributed by atoms with E-state index in [0.717, 1.165) is 5.75 Å². The standard InChI is InChI=1S/C14H19NO4/c1-4-15(10-13(16)18-3)14(17)11-6-8-12(9-7-11)19-5-2/h6-9H,4-5,10H2,1-3H3. The SMILES string of the molecule is CCOc1ccc(C(=O)N(CC)CC(=O)OC)cc1. The van der Waals surface area contributed by atoms with Gasteiger partial charge in [0.2, 0.25) is 0 Å². The van der Waals surface area contributed by atoms with Crippen LogP contribution in [0.15, 0.2) is 24.3 Å². The molecule has 5 heteroatoms. The van der Waals surface area contributed by atoms with Gasteiger partial charge in [0, 0.05) is 12.1 Å². The van der Waals surface area contributed by atoms with Crippen molar-refractivity contribution in [1.29, 1.82) is 0 Å². The number of benzene rings is 1. The van der Waals surface area contributed by atoms with Crippen molar-refractivity contribution in [2.75, 3.05) is 26.8 Å². The van der Waals surface area contributed by atoms with E-state index < -0.39 is 5.97 Å². The van der Waals surface area contributed by atoms with Crippen molar-refractivity contribution < 1.29 is 19.1 Å². The van der Waals surface area contributed by atoms with Crippen molar-refractivity contribution in [3.05, 3.63) is 29.8 Å². The van der Waals surface area contributed by atoms with E-state index in [1.807, 2.05) is 13.8 Å². The first-order valence-electron chi connectivity index (χ1n) is 6.21. The lowest BCUT2D eigenvalue weighted by molar-refractivity contribution is -0.141. The summed E-state index contributed by atoms with van der Waals surface area (Å²) in [5.41, 5.74) is 0.522. The smallest absolute Gasteiger partial charge is 0.325 e. The third-order valence-corrected chi connectivity index (χ3v) is 2.63. The lowest BCUT2D eigenvalue weighted by atomic mass is 10.2. The molecule has 1 aromatic carbocycles. The molecule has 0 radical (unpaired) electrons. The molecular weight excluding hydrogens is 246 g/mol. The molecule has 19 heavy (non-hydrogen) atoms. The number of hydrogen-bond acceptors (Lipinski definition) is 4. The predicted octanol–water partition coefficient (Wildman–Crippen LogP) is 1.72. The largest absolute Gasteiger partial charge is 0.494 e. The van der Waals surface area contributed by atoms with Gasteiger partial charge in [0.25, 0.3) is 5.91 Å². The van der Waals surface area contributed by atoms with Crippen molar-refractivity contribution in [2.45, 2.75) is 13.8 Å². The van der Waals surface area contributed by atoms with Crippen LogP contribution in [0.5, 0.6) is 5.75 Å². The first-order chi connectivity index (χ1) is 9.12. The molecule has 0 saturated heterocycles. The van der Waals surface area contributed by atoms with Crippen LogP contribution in [0.2, 0.25) is 0 Å². The molecule has 0 spiro atoms. The number of carbonyl (C=O) groups is 2. The lowest BCUT2D eigenvalue weighted by Gasteiger charge is -2.19. The van der Waals surface area contributed by atoms with Gasteiger partial charge in [-0.05, 0) is 38.1 Å². The fourth-order valence-electron chi connectivity index (χ4n) is 1.59. The molecule has 0 saturated carbocycles. The Bertz CT molecular complexity index is 428. The Labute approximate surface area is 113 Å². The second-order valence-corrected chi connectivity index (χ2v) is 3.85. The number of rotatable bonds is 6. The molecule has 0 aromatic heterocycles. The Morgan fingerprint density at radius 3 is 2.26 bits per heavy atom. The van der Waals surface area contributed by atoms with Crippen molar-refractivity contribution in [1.82, 2.24) is 4.90 Å². The molecule has 0 N–H and O–H groups in total. The number of likely N-dealkylation sites (N-methyl/N-ethyl adjacent to an activating group) is 1. The first kappa shape index (κ1) is 15.0. The van der Waals surface area contributed by atoms with Gasteiger partial charge in [-0.1, -0.05) is 0 Å². The highest BCUT2D eigenvalue weighted by molar-refractivity contribution is 5.96. The minimum absolute atomic E-state index is 0.0426. The van der Waals surface area contributed by atoms with E-state index in [2.05, 4.69) is 4.74 Å². The average molecular weight is 265 g/mol. The number of nitrogens with zero attached hydrogens (tertiary/aromatic N) is 1. The van der Waals surface area contributed by atoms with Crippen LogP contribution < -0.4 is 4.74 Å². The highest BCUT2D eigenvalue weighted by Crippen LogP contribution is 2.13. The number of ether oxygens (including phenoxy) is 2. The minimum atomic E-state index is -0.430. The topological polar surface area (TPSA) is 55.8 Å². The Balaban J connectivity index is 2.76. The fraction of sp³-hybridized carbons (Fsp3) is 0.429. The van der Waals surface area contributed by atoms with E-state index in [0.29, 0.717) is 18.7 Å². The van der Waals surface area contributed by atoms with E-state index in [-0.39, 0.29) is 12.5 Å². The van der Waals surface area contributed by atoms with E-state index in [1.165, 1.54) is 12.0 Å². The third kappa shape index (κ3) is 4.28. The van der Waals surface area contributed by atoms with E-state index in [1.54, 1.807) is 24.3 Å². The van der Waals surface area contributed by atoms with Gasteiger partial charge in [-0.3, -0.25) is 9.59 Å². The van der Waals surface area contributed by atoms with Gasteiger partial charge in [0.1, 0.15) is 12.3 Å². The van der Waals surface area contributed by atoms with Crippen LogP contribution in [0.1, 0.15) is 24.2 Å². The molecule has 0 atom stereocenters. The average Bonchev–Trinajstić information content (AvgIpc) is 2.45. The summed E-state index contributed by atoms with van der Waals surface area (Å²) in [7, 11) is 1.30. The van der Waals surface area contributed by atoms with Gasteiger partial charge < -0.3 is 14.4 Å². The van der Waals surface area contributed by atoms with Gasteiger partial charge in [-0.2, -0.15) is 0 Å². The Kier molecular flexibility index (Phi) is 5.85. The second-order valence-electron chi connectivity index (χ2n) is 3.85. The maximum atomic E-state index is 12.2. The molecule has 5 nitrogen and oxygen atoms in total. The summed E-state index contributed by atoms with van der Waals surface area (Å²) < 4.78 is 9.88. The molecule has 0 aliphatic heterocycles. The van der Waals surface area contributed by atoms with E-state index >= 15 is 0 Å². The summed E-state index contributed by atoms with van der Waals surface area (Å²) in [5, 5.41) is 0. The normalized spacial score (nSPS) is 9.84. The number of amides is 1. The van der Waals surface area contributed by atoms with Crippen LogP contribution in [0.25, 0.3) is 0 Å². The van der Waals surface area contributed by atoms with Crippen LogP contribution in [0, 0.1) is 0 Å². The maximum Gasteiger partial charge on any atom is 0.325 e. The lowest BCUT2D eigenvalue weighted by Crippen LogP contribution is -2.36. The van der Waals surface area contributed by atoms with Crippen LogP contribution in [0.3, 0.4) is 0 Å². The zero-order valence-electron chi connectivity index (χ0n) is 11.5. The second kappa shape index (κ2) is 7.41. The van der Waals surface area contributed by atoms with Gasteiger partial charge >= 0.3 is 5.97 Å². The molecule has 104 valence electrons. The van der Waals surface area contributed by atoms with E-state index in [9.17, 15) is 9.59 Å². The molecular formula is C14H19NO4. The molecule has 1 aromatic rings. The summed E-state index contributed by atoms with van der Waals surface area (Å²) in [6.45, 7) is 4.69. The molecule has 0 aliphatic rings. The van der Waals surface area contributed by atoms with Gasteiger partial charge in [0.15, 0.2) is 0 Å². The summed E-state index contributed by atoms with van der Waals surface area (Å²) in [5.74, 6) is 0.0900. The predicted molar refractivity (Wildman–Crippen MR) is 71.2 cm³/mol. The highest BCUT2D eigenvalue weighted by atomic mass is 16.5. The zero-order valence-corrected chi connectivity index (χ0v) is 11.5. The Morgan fingerprint density at radius 2 is 1.79 bits per heavy atom. The van der Waals surface area contributed by atoms with Crippen molar-refractivity contribution in [3.8, 4) is 5.75 Å². The first-order valence-corrected chi connectivity index (χ1v) is 6.21. The minimum Gasteiger partial charge on any atom is -0.494 e. The van der Waals surface area contributed by atoms with Gasteiger partial charge in [0.05, 0.1) is 13.7 Å². The quantitative estimate of drug-likeness (QED) is 0.735. The van der Waals surface area contributed by atoms with Crippen molar-refractivity contribution in [2.24, 2.45) is 0 Å². The third-order valence-electron chi connectivity index (χ3n) is 2.63. The monoisotopic (exact) mass is 265 g/mol. The fourth-order valence-corrected chi connectivity index (χ4v) is 1.59. The van der Waals surface area contributed by atoms with Crippen molar-refractivity contribution >= 4 is 11.9 Å². The van der Waals surface area contributed by atoms with Crippen LogP contribution in [-0.4, -0.2) is 43.6 Å². The maximum absolute atomic E-state index is 12.2. The van der Waals surface area contributed by atoms with E-state index in [4.69, 9.17) is 4.74 Å². The van der Waals surface area contributed by atoms with Crippen LogP contribution >= 0.6 is 0 Å². The number of esters is 1. The molecule has 1 rings (SSSR count). The molecule has 0 bridgehead atoms. The molecule has 0 unspecified atom stereocenters. The number of methoxy groups -OCH3 is 1. The Hall–Kier alpha value is -2.04. The highest BCUT2D eigenvalue weighted by Gasteiger charge is 2.17. The molecule has 1 amide bonds. The molecule has 0 heterocycles. The Morgan fingerprint density at radius 1 is 1.16 bits per heavy atom. The van der Waals surface area contributed by atoms with Crippen LogP contribution in [0.4, 0.5) is 0 Å². The van der Waals surface area contributed by atoms with Gasteiger partial charge in [-0.25, -0.2) is 0 Å². The summed E-state index contributed by atoms with van der Waals surface area (Å²) >= 11 is 0. The summed E-state index contributed by atoms with van der Waals surface area (Å²) in [6.07, 6.45) is 0. The molecule has 0 fully saturated rings. The van der Waals surface area contributed by atoms with Gasteiger partial charge in [-0.15, -0.1) is 0 Å².